The first-order chi connectivity index (χ1) is 8.33. The van der Waals surface area contributed by atoms with E-state index in [1.165, 1.54) is 45.1 Å². The van der Waals surface area contributed by atoms with Crippen molar-refractivity contribution in [2.24, 2.45) is 5.92 Å². The molecule has 17 heavy (non-hydrogen) atoms. The van der Waals surface area contributed by atoms with Crippen LogP contribution in [0.5, 0.6) is 0 Å². The van der Waals surface area contributed by atoms with Gasteiger partial charge in [0.15, 0.2) is 0 Å². The summed E-state index contributed by atoms with van der Waals surface area (Å²) in [6.07, 6.45) is 9.47. The molecule has 3 nitrogen and oxygen atoms in total. The Morgan fingerprint density at radius 3 is 2.53 bits per heavy atom. The molecule has 0 aromatic carbocycles. The van der Waals surface area contributed by atoms with Gasteiger partial charge >= 0.3 is 0 Å². The summed E-state index contributed by atoms with van der Waals surface area (Å²) in [7, 11) is 2.16. The van der Waals surface area contributed by atoms with E-state index in [0.717, 1.165) is 32.0 Å². The highest BCUT2D eigenvalue weighted by Crippen LogP contribution is 2.22. The van der Waals surface area contributed by atoms with E-state index in [1.807, 2.05) is 0 Å². The number of nitrogens with one attached hydrogen (secondary N) is 2. The summed E-state index contributed by atoms with van der Waals surface area (Å²) >= 11 is 0. The van der Waals surface area contributed by atoms with E-state index >= 15 is 0 Å². The maximum Gasteiger partial charge on any atom is 0.0112 e. The standard InChI is InChI=1S/C14H30N3/c1-17(11-5-9-15)12-6-10-16-13-14-7-3-2-4-8-14/h14-16H,2-13H2,1H3. The summed E-state index contributed by atoms with van der Waals surface area (Å²) in [6, 6.07) is 0. The molecule has 1 rings (SSSR count). The average molecular weight is 240 g/mol. The Bertz CT molecular complexity index is 167. The van der Waals surface area contributed by atoms with Crippen molar-refractivity contribution in [1.29, 1.82) is 0 Å². The van der Waals surface area contributed by atoms with Crippen molar-refractivity contribution in [3.8, 4) is 0 Å². The van der Waals surface area contributed by atoms with Gasteiger partial charge in [-0.1, -0.05) is 19.3 Å². The Kier molecular flexibility index (Phi) is 8.67. The van der Waals surface area contributed by atoms with Gasteiger partial charge in [0.25, 0.3) is 0 Å². The highest BCUT2D eigenvalue weighted by Gasteiger charge is 2.12. The predicted octanol–water partition coefficient (Wildman–Crippen LogP) is 2.15. The Balaban J connectivity index is 1.86. The number of nitrogens with zero attached hydrogens (tertiary/aromatic N) is 1. The lowest BCUT2D eigenvalue weighted by molar-refractivity contribution is 0.312. The number of hydrogen-bond acceptors (Lipinski definition) is 2. The Morgan fingerprint density at radius 1 is 1.12 bits per heavy atom. The zero-order valence-corrected chi connectivity index (χ0v) is 11.5. The molecule has 0 unspecified atom stereocenters. The quantitative estimate of drug-likeness (QED) is 0.627. The van der Waals surface area contributed by atoms with Gasteiger partial charge in [-0.2, -0.15) is 0 Å². The van der Waals surface area contributed by atoms with Crippen molar-refractivity contribution < 1.29 is 0 Å². The topological polar surface area (TPSA) is 39.1 Å². The van der Waals surface area contributed by atoms with Crippen molar-refractivity contribution in [3.63, 3.8) is 0 Å². The van der Waals surface area contributed by atoms with E-state index in [1.54, 1.807) is 0 Å². The van der Waals surface area contributed by atoms with Crippen molar-refractivity contribution >= 4 is 0 Å². The van der Waals surface area contributed by atoms with Crippen molar-refractivity contribution in [2.45, 2.75) is 44.9 Å². The molecule has 0 aromatic rings. The summed E-state index contributed by atoms with van der Waals surface area (Å²) in [6.45, 7) is 5.19. The third-order valence-corrected chi connectivity index (χ3v) is 3.77. The molecule has 1 fully saturated rings. The van der Waals surface area contributed by atoms with Crippen LogP contribution >= 0.6 is 0 Å². The molecule has 0 saturated heterocycles. The minimum Gasteiger partial charge on any atom is -0.316 e. The summed E-state index contributed by atoms with van der Waals surface area (Å²) in [4.78, 5) is 2.34. The molecule has 0 amide bonds. The van der Waals surface area contributed by atoms with Crippen LogP contribution in [0, 0.1) is 5.92 Å². The van der Waals surface area contributed by atoms with Crippen LogP contribution in [-0.2, 0) is 0 Å². The largest absolute Gasteiger partial charge is 0.316 e. The predicted molar refractivity (Wildman–Crippen MR) is 74.1 cm³/mol. The van der Waals surface area contributed by atoms with Gasteiger partial charge in [-0.15, -0.1) is 0 Å². The molecule has 2 N–H and O–H groups in total. The fourth-order valence-corrected chi connectivity index (χ4v) is 2.63. The molecule has 3 heteroatoms. The van der Waals surface area contributed by atoms with Gasteiger partial charge in [-0.05, 0) is 64.8 Å². The van der Waals surface area contributed by atoms with Crippen LogP contribution in [0.15, 0.2) is 0 Å². The second-order valence-electron chi connectivity index (χ2n) is 5.47. The fraction of sp³-hybridized carbons (Fsp3) is 1.00. The summed E-state index contributed by atoms with van der Waals surface area (Å²) in [5.74, 6) is 0.949. The zero-order chi connectivity index (χ0) is 12.3. The monoisotopic (exact) mass is 240 g/mol. The molecule has 0 heterocycles. The first-order valence-electron chi connectivity index (χ1n) is 7.37. The highest BCUT2D eigenvalue weighted by molar-refractivity contribution is 4.68. The van der Waals surface area contributed by atoms with E-state index in [0.29, 0.717) is 6.54 Å². The number of rotatable bonds is 9. The Labute approximate surface area is 107 Å². The lowest BCUT2D eigenvalue weighted by Gasteiger charge is -2.22. The van der Waals surface area contributed by atoms with Gasteiger partial charge in [-0.3, -0.25) is 5.73 Å². The van der Waals surface area contributed by atoms with Crippen molar-refractivity contribution in [1.82, 2.24) is 16.0 Å². The van der Waals surface area contributed by atoms with Gasteiger partial charge in [0.1, 0.15) is 0 Å². The van der Waals surface area contributed by atoms with Gasteiger partial charge < -0.3 is 10.2 Å². The molecule has 0 bridgehead atoms. The van der Waals surface area contributed by atoms with Crippen LogP contribution in [0.25, 0.3) is 0 Å². The SMILES string of the molecule is CN(CCC[NH])CCCNCC1CCCCC1. The number of hydrogen-bond donors (Lipinski definition) is 1. The normalized spacial score (nSPS) is 17.8. The maximum absolute atomic E-state index is 7.11. The van der Waals surface area contributed by atoms with Gasteiger partial charge in [0.2, 0.25) is 0 Å². The van der Waals surface area contributed by atoms with E-state index in [2.05, 4.69) is 17.3 Å². The van der Waals surface area contributed by atoms with Crippen LogP contribution in [0.3, 0.4) is 0 Å². The minimum atomic E-state index is 0.560. The van der Waals surface area contributed by atoms with Crippen molar-refractivity contribution in [2.75, 3.05) is 39.8 Å². The molecule has 1 aliphatic carbocycles. The fourth-order valence-electron chi connectivity index (χ4n) is 2.63. The third-order valence-electron chi connectivity index (χ3n) is 3.77. The lowest BCUT2D eigenvalue weighted by Crippen LogP contribution is -2.28. The van der Waals surface area contributed by atoms with Gasteiger partial charge in [0, 0.05) is 6.54 Å². The Hall–Kier alpha value is -0.120. The molecule has 1 aliphatic rings. The first kappa shape index (κ1) is 14.9. The molecule has 0 atom stereocenters. The molecule has 101 valence electrons. The second-order valence-corrected chi connectivity index (χ2v) is 5.47. The van der Waals surface area contributed by atoms with Crippen molar-refractivity contribution in [3.05, 3.63) is 0 Å². The molecular weight excluding hydrogens is 210 g/mol. The highest BCUT2D eigenvalue weighted by atomic mass is 15.1. The molecular formula is C14H30N3. The van der Waals surface area contributed by atoms with E-state index < -0.39 is 0 Å². The molecule has 0 aromatic heterocycles. The summed E-state index contributed by atoms with van der Waals surface area (Å²) in [5, 5.41) is 3.60. The summed E-state index contributed by atoms with van der Waals surface area (Å²) in [5.41, 5.74) is 7.11. The van der Waals surface area contributed by atoms with Crippen LogP contribution in [0.4, 0.5) is 0 Å². The van der Waals surface area contributed by atoms with Gasteiger partial charge in [-0.25, -0.2) is 0 Å². The van der Waals surface area contributed by atoms with Crippen LogP contribution in [0.2, 0.25) is 0 Å². The second kappa shape index (κ2) is 9.86. The third kappa shape index (κ3) is 7.74. The summed E-state index contributed by atoms with van der Waals surface area (Å²) < 4.78 is 0. The van der Waals surface area contributed by atoms with E-state index in [-0.39, 0.29) is 0 Å². The average Bonchev–Trinajstić information content (AvgIpc) is 2.37. The molecule has 0 aliphatic heterocycles. The van der Waals surface area contributed by atoms with E-state index in [4.69, 9.17) is 5.73 Å². The Morgan fingerprint density at radius 2 is 1.82 bits per heavy atom. The van der Waals surface area contributed by atoms with Crippen LogP contribution in [0.1, 0.15) is 44.9 Å². The van der Waals surface area contributed by atoms with Crippen LogP contribution in [-0.4, -0.2) is 44.7 Å². The minimum absolute atomic E-state index is 0.560. The lowest BCUT2D eigenvalue weighted by atomic mass is 9.89. The maximum atomic E-state index is 7.11. The molecule has 1 saturated carbocycles. The first-order valence-corrected chi connectivity index (χ1v) is 7.37. The van der Waals surface area contributed by atoms with E-state index in [9.17, 15) is 0 Å². The molecule has 0 spiro atoms. The van der Waals surface area contributed by atoms with Gasteiger partial charge in [0.05, 0.1) is 0 Å². The van der Waals surface area contributed by atoms with Crippen LogP contribution < -0.4 is 11.1 Å². The smallest absolute Gasteiger partial charge is 0.0112 e. The molecule has 1 radical (unpaired) electrons. The zero-order valence-electron chi connectivity index (χ0n) is 11.5.